The standard InChI is InChI=1S/C14H25N5.HI/c1-3-14(6-4-7-14)12-17-13(15-2)16-9-11-19-10-5-8-18-19;/h5,8,10H,3-4,6-7,9,11-12H2,1-2H3,(H2,15,16,17);1H. The van der Waals surface area contributed by atoms with Crippen molar-refractivity contribution in [3.8, 4) is 0 Å². The fourth-order valence-electron chi connectivity index (χ4n) is 2.55. The Balaban J connectivity index is 0.00000200. The van der Waals surface area contributed by atoms with Crippen LogP contribution < -0.4 is 10.6 Å². The van der Waals surface area contributed by atoms with Crippen LogP contribution in [0.25, 0.3) is 0 Å². The average molecular weight is 391 g/mol. The van der Waals surface area contributed by atoms with Gasteiger partial charge in [-0.1, -0.05) is 13.3 Å². The summed E-state index contributed by atoms with van der Waals surface area (Å²) in [6.07, 6.45) is 9.10. The van der Waals surface area contributed by atoms with Crippen LogP contribution in [-0.4, -0.2) is 35.9 Å². The molecule has 1 aliphatic rings. The highest BCUT2D eigenvalue weighted by atomic mass is 127. The summed E-state index contributed by atoms with van der Waals surface area (Å²) in [4.78, 5) is 4.27. The zero-order chi connectivity index (χ0) is 13.6. The molecule has 20 heavy (non-hydrogen) atoms. The molecule has 0 aromatic carbocycles. The number of nitrogens with zero attached hydrogens (tertiary/aromatic N) is 3. The van der Waals surface area contributed by atoms with E-state index in [0.29, 0.717) is 5.41 Å². The summed E-state index contributed by atoms with van der Waals surface area (Å²) in [6.45, 7) is 5.01. The molecule has 1 heterocycles. The van der Waals surface area contributed by atoms with Crippen molar-refractivity contribution in [3.63, 3.8) is 0 Å². The lowest BCUT2D eigenvalue weighted by molar-refractivity contribution is 0.131. The van der Waals surface area contributed by atoms with Crippen LogP contribution in [0.5, 0.6) is 0 Å². The van der Waals surface area contributed by atoms with E-state index in [-0.39, 0.29) is 24.0 Å². The lowest BCUT2D eigenvalue weighted by Crippen LogP contribution is -2.46. The first-order chi connectivity index (χ1) is 9.28. The first-order valence-electron chi connectivity index (χ1n) is 7.20. The van der Waals surface area contributed by atoms with Gasteiger partial charge in [0, 0.05) is 32.5 Å². The number of halogens is 1. The molecule has 114 valence electrons. The zero-order valence-electron chi connectivity index (χ0n) is 12.4. The van der Waals surface area contributed by atoms with Crippen LogP contribution in [0.2, 0.25) is 0 Å². The molecule has 1 saturated carbocycles. The first-order valence-corrected chi connectivity index (χ1v) is 7.20. The lowest BCUT2D eigenvalue weighted by Gasteiger charge is -2.41. The van der Waals surface area contributed by atoms with Gasteiger partial charge in [-0.3, -0.25) is 9.67 Å². The summed E-state index contributed by atoms with van der Waals surface area (Å²) in [5.74, 6) is 0.895. The molecule has 1 aromatic rings. The molecule has 6 heteroatoms. The highest BCUT2D eigenvalue weighted by Crippen LogP contribution is 2.42. The van der Waals surface area contributed by atoms with Gasteiger partial charge >= 0.3 is 0 Å². The summed E-state index contributed by atoms with van der Waals surface area (Å²) in [7, 11) is 1.82. The van der Waals surface area contributed by atoms with Gasteiger partial charge in [0.05, 0.1) is 6.54 Å². The SMILES string of the molecule is CCC1(CNC(=NC)NCCn2cccn2)CCC1.I. The second kappa shape index (κ2) is 8.49. The van der Waals surface area contributed by atoms with Crippen LogP contribution in [0.1, 0.15) is 32.6 Å². The van der Waals surface area contributed by atoms with Crippen LogP contribution >= 0.6 is 24.0 Å². The Bertz CT molecular complexity index is 392. The maximum Gasteiger partial charge on any atom is 0.191 e. The van der Waals surface area contributed by atoms with Crippen LogP contribution in [0.4, 0.5) is 0 Å². The summed E-state index contributed by atoms with van der Waals surface area (Å²) >= 11 is 0. The minimum Gasteiger partial charge on any atom is -0.356 e. The van der Waals surface area contributed by atoms with E-state index in [1.807, 2.05) is 24.0 Å². The highest BCUT2D eigenvalue weighted by Gasteiger charge is 2.34. The van der Waals surface area contributed by atoms with Crippen molar-refractivity contribution in [2.24, 2.45) is 10.4 Å². The molecule has 0 amide bonds. The third kappa shape index (κ3) is 4.64. The van der Waals surface area contributed by atoms with Crippen molar-refractivity contribution in [1.82, 2.24) is 20.4 Å². The fraction of sp³-hybridized carbons (Fsp3) is 0.714. The molecule has 2 rings (SSSR count). The fourth-order valence-corrected chi connectivity index (χ4v) is 2.55. The third-order valence-electron chi connectivity index (χ3n) is 4.21. The van der Waals surface area contributed by atoms with Crippen molar-refractivity contribution < 1.29 is 0 Å². The molecular formula is C14H26IN5. The van der Waals surface area contributed by atoms with E-state index in [4.69, 9.17) is 0 Å². The van der Waals surface area contributed by atoms with Crippen LogP contribution in [-0.2, 0) is 6.54 Å². The smallest absolute Gasteiger partial charge is 0.191 e. The maximum atomic E-state index is 4.27. The highest BCUT2D eigenvalue weighted by molar-refractivity contribution is 14.0. The van der Waals surface area contributed by atoms with Crippen LogP contribution in [0.15, 0.2) is 23.5 Å². The number of rotatable bonds is 6. The lowest BCUT2D eigenvalue weighted by atomic mass is 9.67. The Hall–Kier alpha value is -0.790. The summed E-state index contributed by atoms with van der Waals surface area (Å²) < 4.78 is 1.92. The number of aromatic nitrogens is 2. The number of hydrogen-bond donors (Lipinski definition) is 2. The van der Waals surface area contributed by atoms with E-state index in [2.05, 4.69) is 27.6 Å². The van der Waals surface area contributed by atoms with Gasteiger partial charge < -0.3 is 10.6 Å². The van der Waals surface area contributed by atoms with Gasteiger partial charge in [-0.05, 0) is 30.7 Å². The molecule has 1 aromatic heterocycles. The van der Waals surface area contributed by atoms with Gasteiger partial charge in [-0.2, -0.15) is 5.10 Å². The van der Waals surface area contributed by atoms with Gasteiger partial charge in [-0.15, -0.1) is 24.0 Å². The number of aliphatic imine (C=N–C) groups is 1. The maximum absolute atomic E-state index is 4.27. The number of nitrogens with one attached hydrogen (secondary N) is 2. The molecule has 0 aliphatic heterocycles. The average Bonchev–Trinajstić information content (AvgIpc) is 2.89. The first kappa shape index (κ1) is 17.3. The molecule has 5 nitrogen and oxygen atoms in total. The molecule has 0 spiro atoms. The van der Waals surface area contributed by atoms with Crippen LogP contribution in [0, 0.1) is 5.41 Å². The zero-order valence-corrected chi connectivity index (χ0v) is 14.8. The van der Waals surface area contributed by atoms with E-state index in [1.165, 1.54) is 25.7 Å². The van der Waals surface area contributed by atoms with Crippen molar-refractivity contribution in [2.75, 3.05) is 20.1 Å². The summed E-state index contributed by atoms with van der Waals surface area (Å²) in [5, 5.41) is 11.0. The van der Waals surface area contributed by atoms with E-state index >= 15 is 0 Å². The predicted octanol–water partition coefficient (Wildman–Crippen LogP) is 2.25. The van der Waals surface area contributed by atoms with Gasteiger partial charge in [0.2, 0.25) is 0 Å². The second-order valence-corrected chi connectivity index (χ2v) is 5.33. The monoisotopic (exact) mass is 391 g/mol. The Morgan fingerprint density at radius 2 is 2.20 bits per heavy atom. The topological polar surface area (TPSA) is 54.2 Å². The third-order valence-corrected chi connectivity index (χ3v) is 4.21. The molecule has 0 unspecified atom stereocenters. The van der Waals surface area contributed by atoms with Gasteiger partial charge in [-0.25, -0.2) is 0 Å². The molecule has 0 radical (unpaired) electrons. The minimum absolute atomic E-state index is 0. The van der Waals surface area contributed by atoms with Crippen molar-refractivity contribution in [3.05, 3.63) is 18.5 Å². The van der Waals surface area contributed by atoms with E-state index < -0.39 is 0 Å². The largest absolute Gasteiger partial charge is 0.356 e. The quantitative estimate of drug-likeness (QED) is 0.444. The Morgan fingerprint density at radius 3 is 2.70 bits per heavy atom. The molecule has 2 N–H and O–H groups in total. The summed E-state index contributed by atoms with van der Waals surface area (Å²) in [6, 6.07) is 1.94. The van der Waals surface area contributed by atoms with Crippen LogP contribution in [0.3, 0.4) is 0 Å². The molecular weight excluding hydrogens is 365 g/mol. The molecule has 1 fully saturated rings. The van der Waals surface area contributed by atoms with Gasteiger partial charge in [0.1, 0.15) is 0 Å². The molecule has 0 bridgehead atoms. The van der Waals surface area contributed by atoms with Crippen molar-refractivity contribution in [1.29, 1.82) is 0 Å². The van der Waals surface area contributed by atoms with E-state index in [0.717, 1.165) is 25.6 Å². The number of guanidine groups is 1. The molecule has 0 saturated heterocycles. The minimum atomic E-state index is 0. The Morgan fingerprint density at radius 1 is 1.40 bits per heavy atom. The predicted molar refractivity (Wildman–Crippen MR) is 93.6 cm³/mol. The summed E-state index contributed by atoms with van der Waals surface area (Å²) in [5.41, 5.74) is 0.513. The van der Waals surface area contributed by atoms with E-state index in [1.54, 1.807) is 6.20 Å². The molecule has 0 atom stereocenters. The Kier molecular flexibility index (Phi) is 7.32. The van der Waals surface area contributed by atoms with Crippen molar-refractivity contribution in [2.45, 2.75) is 39.2 Å². The normalized spacial score (nSPS) is 17.0. The Labute approximate surface area is 138 Å². The van der Waals surface area contributed by atoms with Crippen molar-refractivity contribution >= 4 is 29.9 Å². The molecule has 1 aliphatic carbocycles. The van der Waals surface area contributed by atoms with Gasteiger partial charge in [0.15, 0.2) is 5.96 Å². The number of hydrogen-bond acceptors (Lipinski definition) is 2. The van der Waals surface area contributed by atoms with Gasteiger partial charge in [0.25, 0.3) is 0 Å². The second-order valence-electron chi connectivity index (χ2n) is 5.33. The van der Waals surface area contributed by atoms with E-state index in [9.17, 15) is 0 Å².